The third-order valence-electron chi connectivity index (χ3n) is 4.93. The van der Waals surface area contributed by atoms with Gasteiger partial charge >= 0.3 is 0 Å². The second-order valence-corrected chi connectivity index (χ2v) is 6.21. The lowest BCUT2D eigenvalue weighted by molar-refractivity contribution is 0.0747. The van der Waals surface area contributed by atoms with Gasteiger partial charge in [-0.05, 0) is 46.1 Å². The Morgan fingerprint density at radius 1 is 1.30 bits per heavy atom. The van der Waals surface area contributed by atoms with Crippen LogP contribution in [0.5, 0.6) is 0 Å². The molecule has 2 fully saturated rings. The Hall–Kier alpha value is -1.29. The van der Waals surface area contributed by atoms with Crippen LogP contribution in [0.2, 0.25) is 0 Å². The summed E-state index contributed by atoms with van der Waals surface area (Å²) in [5.41, 5.74) is 3.18. The van der Waals surface area contributed by atoms with E-state index in [1.807, 2.05) is 0 Å². The maximum Gasteiger partial charge on any atom is 0.255 e. The molecule has 0 aromatic carbocycles. The molecule has 1 amide bonds. The molecule has 2 bridgehead atoms. The minimum Gasteiger partial charge on any atom is -0.349 e. The fraction of sp³-hybridized carbons (Fsp3) is 0.688. The van der Waals surface area contributed by atoms with Crippen LogP contribution in [-0.2, 0) is 6.54 Å². The van der Waals surface area contributed by atoms with E-state index in [0.717, 1.165) is 37.3 Å². The van der Waals surface area contributed by atoms with Gasteiger partial charge in [-0.1, -0.05) is 0 Å². The Morgan fingerprint density at radius 3 is 2.75 bits per heavy atom. The number of aromatic nitrogens is 1. The molecule has 3 rings (SSSR count). The van der Waals surface area contributed by atoms with Gasteiger partial charge in [0, 0.05) is 43.1 Å². The van der Waals surface area contributed by atoms with Gasteiger partial charge in [0.05, 0.1) is 5.56 Å². The topological polar surface area (TPSA) is 37.3 Å². The molecule has 0 saturated carbocycles. The van der Waals surface area contributed by atoms with E-state index in [0.29, 0.717) is 12.1 Å². The molecule has 4 heteroatoms. The molecular formula is C16H25N3O. The van der Waals surface area contributed by atoms with E-state index in [4.69, 9.17) is 0 Å². The maximum atomic E-state index is 12.8. The summed E-state index contributed by atoms with van der Waals surface area (Å²) in [5, 5.41) is 3.63. The first-order valence-corrected chi connectivity index (χ1v) is 7.82. The lowest BCUT2D eigenvalue weighted by atomic mass is 10.1. The number of aryl methyl sites for hydroxylation is 1. The van der Waals surface area contributed by atoms with Crippen LogP contribution in [0.15, 0.2) is 6.07 Å². The molecule has 1 N–H and O–H groups in total. The lowest BCUT2D eigenvalue weighted by Gasteiger charge is -2.24. The van der Waals surface area contributed by atoms with Crippen molar-refractivity contribution in [2.75, 3.05) is 13.1 Å². The van der Waals surface area contributed by atoms with Crippen molar-refractivity contribution in [3.05, 3.63) is 23.0 Å². The molecule has 3 heterocycles. The number of carbonyl (C=O) groups is 1. The summed E-state index contributed by atoms with van der Waals surface area (Å²) in [5.74, 6) is 0.215. The molecule has 4 nitrogen and oxygen atoms in total. The molecule has 0 spiro atoms. The Bertz CT molecular complexity index is 520. The standard InChI is InChI=1S/C16H25N3O/c1-4-19-11(2)9-15(12(19)3)16(20)18-8-7-13-5-6-14(10-18)17-13/h9,13-14,17H,4-8,10H2,1-3H3. The van der Waals surface area contributed by atoms with Gasteiger partial charge in [-0.2, -0.15) is 0 Å². The molecule has 0 radical (unpaired) electrons. The molecule has 2 atom stereocenters. The number of rotatable bonds is 2. The molecule has 1 aromatic heterocycles. The first-order chi connectivity index (χ1) is 9.60. The van der Waals surface area contributed by atoms with Gasteiger partial charge < -0.3 is 14.8 Å². The monoisotopic (exact) mass is 275 g/mol. The van der Waals surface area contributed by atoms with E-state index < -0.39 is 0 Å². The summed E-state index contributed by atoms with van der Waals surface area (Å²) in [4.78, 5) is 14.9. The predicted molar refractivity (Wildman–Crippen MR) is 80.0 cm³/mol. The number of nitrogens with one attached hydrogen (secondary N) is 1. The highest BCUT2D eigenvalue weighted by atomic mass is 16.2. The van der Waals surface area contributed by atoms with Gasteiger partial charge in [-0.25, -0.2) is 0 Å². The van der Waals surface area contributed by atoms with Gasteiger partial charge in [0.15, 0.2) is 0 Å². The van der Waals surface area contributed by atoms with E-state index in [9.17, 15) is 4.79 Å². The molecule has 2 unspecified atom stereocenters. The Morgan fingerprint density at radius 2 is 2.05 bits per heavy atom. The van der Waals surface area contributed by atoms with Crippen LogP contribution in [0, 0.1) is 13.8 Å². The van der Waals surface area contributed by atoms with Crippen LogP contribution in [0.4, 0.5) is 0 Å². The van der Waals surface area contributed by atoms with Gasteiger partial charge in [0.25, 0.3) is 5.91 Å². The number of hydrogen-bond acceptors (Lipinski definition) is 2. The second-order valence-electron chi connectivity index (χ2n) is 6.21. The van der Waals surface area contributed by atoms with Crippen molar-refractivity contribution in [3.8, 4) is 0 Å². The summed E-state index contributed by atoms with van der Waals surface area (Å²) in [6.07, 6.45) is 3.58. The number of nitrogens with zero attached hydrogens (tertiary/aromatic N) is 2. The fourth-order valence-corrected chi connectivity index (χ4v) is 3.80. The maximum absolute atomic E-state index is 12.8. The van der Waals surface area contributed by atoms with Gasteiger partial charge in [-0.15, -0.1) is 0 Å². The predicted octanol–water partition coefficient (Wildman–Crippen LogP) is 2.09. The van der Waals surface area contributed by atoms with Gasteiger partial charge in [0.1, 0.15) is 0 Å². The molecule has 2 saturated heterocycles. The van der Waals surface area contributed by atoms with Crippen LogP contribution in [-0.4, -0.2) is 40.5 Å². The van der Waals surface area contributed by atoms with Crippen molar-refractivity contribution in [3.63, 3.8) is 0 Å². The largest absolute Gasteiger partial charge is 0.349 e. The van der Waals surface area contributed by atoms with E-state index in [2.05, 4.69) is 41.6 Å². The first-order valence-electron chi connectivity index (χ1n) is 7.82. The normalized spacial score (nSPS) is 25.9. The highest BCUT2D eigenvalue weighted by Gasteiger charge is 2.32. The molecule has 20 heavy (non-hydrogen) atoms. The summed E-state index contributed by atoms with van der Waals surface area (Å²) in [6.45, 7) is 8.96. The average Bonchev–Trinajstić information content (AvgIpc) is 2.89. The average molecular weight is 275 g/mol. The van der Waals surface area contributed by atoms with Crippen molar-refractivity contribution in [2.45, 2.75) is 58.7 Å². The van der Waals surface area contributed by atoms with E-state index in [-0.39, 0.29) is 5.91 Å². The number of amides is 1. The van der Waals surface area contributed by atoms with E-state index in [1.165, 1.54) is 18.5 Å². The minimum absolute atomic E-state index is 0.215. The van der Waals surface area contributed by atoms with Crippen LogP contribution in [0.1, 0.15) is 47.9 Å². The quantitative estimate of drug-likeness (QED) is 0.897. The molecular weight excluding hydrogens is 250 g/mol. The zero-order chi connectivity index (χ0) is 14.3. The van der Waals surface area contributed by atoms with Crippen LogP contribution >= 0.6 is 0 Å². The van der Waals surface area contributed by atoms with E-state index >= 15 is 0 Å². The highest BCUT2D eigenvalue weighted by molar-refractivity contribution is 5.95. The number of carbonyl (C=O) groups excluding carboxylic acids is 1. The number of likely N-dealkylation sites (tertiary alicyclic amines) is 1. The van der Waals surface area contributed by atoms with Crippen molar-refractivity contribution < 1.29 is 4.79 Å². The van der Waals surface area contributed by atoms with E-state index in [1.54, 1.807) is 0 Å². The Labute approximate surface area is 121 Å². The summed E-state index contributed by atoms with van der Waals surface area (Å²) in [6, 6.07) is 3.18. The summed E-state index contributed by atoms with van der Waals surface area (Å²) < 4.78 is 2.22. The van der Waals surface area contributed by atoms with Crippen molar-refractivity contribution in [1.82, 2.24) is 14.8 Å². The number of fused-ring (bicyclic) bond motifs is 2. The van der Waals surface area contributed by atoms with Gasteiger partial charge in [-0.3, -0.25) is 4.79 Å². The molecule has 2 aliphatic heterocycles. The van der Waals surface area contributed by atoms with Crippen molar-refractivity contribution in [2.24, 2.45) is 0 Å². The summed E-state index contributed by atoms with van der Waals surface area (Å²) >= 11 is 0. The molecule has 2 aliphatic rings. The Kier molecular flexibility index (Phi) is 3.59. The molecule has 1 aromatic rings. The third kappa shape index (κ3) is 2.26. The molecule has 110 valence electrons. The van der Waals surface area contributed by atoms with Crippen molar-refractivity contribution >= 4 is 5.91 Å². The second kappa shape index (κ2) is 5.24. The van der Waals surface area contributed by atoms with Gasteiger partial charge in [0.2, 0.25) is 0 Å². The van der Waals surface area contributed by atoms with Crippen LogP contribution < -0.4 is 5.32 Å². The van der Waals surface area contributed by atoms with Crippen LogP contribution in [0.3, 0.4) is 0 Å². The SMILES string of the molecule is CCn1c(C)cc(C(=O)N2CCC3CCC(C2)N3)c1C. The summed E-state index contributed by atoms with van der Waals surface area (Å²) in [7, 11) is 0. The number of hydrogen-bond donors (Lipinski definition) is 1. The lowest BCUT2D eigenvalue weighted by Crippen LogP contribution is -2.39. The highest BCUT2D eigenvalue weighted by Crippen LogP contribution is 2.23. The molecule has 0 aliphatic carbocycles. The van der Waals surface area contributed by atoms with Crippen LogP contribution in [0.25, 0.3) is 0 Å². The smallest absolute Gasteiger partial charge is 0.255 e. The Balaban J connectivity index is 1.82. The zero-order valence-corrected chi connectivity index (χ0v) is 12.8. The zero-order valence-electron chi connectivity index (χ0n) is 12.8. The fourth-order valence-electron chi connectivity index (χ4n) is 3.80. The first kappa shape index (κ1) is 13.7. The van der Waals surface area contributed by atoms with Crippen molar-refractivity contribution in [1.29, 1.82) is 0 Å². The minimum atomic E-state index is 0.215. The third-order valence-corrected chi connectivity index (χ3v) is 4.93.